The number of benzene rings is 1. The number of rotatable bonds is 9. The fraction of sp³-hybridized carbons (Fsp3) is 0.476. The maximum absolute atomic E-state index is 12.6. The van der Waals surface area contributed by atoms with E-state index in [1.807, 2.05) is 24.3 Å². The molecule has 0 fully saturated rings. The Bertz CT molecular complexity index is 800. The summed E-state index contributed by atoms with van der Waals surface area (Å²) < 4.78 is 12.8. The van der Waals surface area contributed by atoms with Gasteiger partial charge in [-0.2, -0.15) is 10.1 Å². The standard InChI is InChI=1S/C21H28N4O3/c1-4-6-7-8-13-28-17-11-9-16(10-12-17)19-18(20(26)27-5-2)15(3)24-21-22-14-23-25(19)21/h9-12,14,18-19H,3-8,13H2,1-2H3,(H,22,23,24)/t18-,19+/m0/s1. The van der Waals surface area contributed by atoms with Gasteiger partial charge in [-0.15, -0.1) is 0 Å². The largest absolute Gasteiger partial charge is 0.494 e. The quantitative estimate of drug-likeness (QED) is 0.521. The Labute approximate surface area is 165 Å². The van der Waals surface area contributed by atoms with Crippen LogP contribution >= 0.6 is 0 Å². The summed E-state index contributed by atoms with van der Waals surface area (Å²) in [6, 6.07) is 7.41. The molecular weight excluding hydrogens is 356 g/mol. The Hall–Kier alpha value is -2.83. The first kappa shape index (κ1) is 19.9. The van der Waals surface area contributed by atoms with E-state index in [1.54, 1.807) is 11.6 Å². The van der Waals surface area contributed by atoms with Crippen LogP contribution in [0.3, 0.4) is 0 Å². The van der Waals surface area contributed by atoms with Crippen molar-refractivity contribution < 1.29 is 14.3 Å². The van der Waals surface area contributed by atoms with Crippen LogP contribution in [-0.2, 0) is 9.53 Å². The molecule has 28 heavy (non-hydrogen) atoms. The van der Waals surface area contributed by atoms with E-state index in [-0.39, 0.29) is 12.0 Å². The van der Waals surface area contributed by atoms with Crippen molar-refractivity contribution in [3.05, 3.63) is 48.4 Å². The molecule has 1 aliphatic heterocycles. The number of aromatic nitrogens is 3. The molecule has 7 heteroatoms. The van der Waals surface area contributed by atoms with Gasteiger partial charge >= 0.3 is 5.97 Å². The van der Waals surface area contributed by atoms with Gasteiger partial charge in [0, 0.05) is 5.70 Å². The summed E-state index contributed by atoms with van der Waals surface area (Å²) in [5, 5.41) is 7.36. The van der Waals surface area contributed by atoms with Gasteiger partial charge in [-0.1, -0.05) is 44.9 Å². The van der Waals surface area contributed by atoms with Crippen molar-refractivity contribution in [1.29, 1.82) is 0 Å². The summed E-state index contributed by atoms with van der Waals surface area (Å²) >= 11 is 0. The van der Waals surface area contributed by atoms with Crippen LogP contribution < -0.4 is 10.1 Å². The van der Waals surface area contributed by atoms with Gasteiger partial charge in [-0.3, -0.25) is 4.79 Å². The van der Waals surface area contributed by atoms with Gasteiger partial charge in [-0.05, 0) is 31.0 Å². The van der Waals surface area contributed by atoms with E-state index in [1.165, 1.54) is 25.6 Å². The van der Waals surface area contributed by atoms with Gasteiger partial charge in [0.05, 0.1) is 19.3 Å². The second-order valence-corrected chi connectivity index (χ2v) is 6.83. The number of hydrogen-bond donors (Lipinski definition) is 1. The molecule has 2 heterocycles. The Balaban J connectivity index is 1.79. The van der Waals surface area contributed by atoms with E-state index in [9.17, 15) is 4.79 Å². The lowest BCUT2D eigenvalue weighted by Crippen LogP contribution is -2.37. The second-order valence-electron chi connectivity index (χ2n) is 6.83. The number of unbranched alkanes of at least 4 members (excludes halogenated alkanes) is 3. The maximum atomic E-state index is 12.6. The van der Waals surface area contributed by atoms with Gasteiger partial charge in [0.25, 0.3) is 0 Å². The molecule has 0 amide bonds. The van der Waals surface area contributed by atoms with Crippen molar-refractivity contribution in [2.75, 3.05) is 18.5 Å². The van der Waals surface area contributed by atoms with Crippen LogP contribution in [0.15, 0.2) is 42.9 Å². The van der Waals surface area contributed by atoms with Gasteiger partial charge in [0.1, 0.15) is 18.0 Å². The number of carbonyl (C=O) groups is 1. The number of nitrogens with zero attached hydrogens (tertiary/aromatic N) is 3. The van der Waals surface area contributed by atoms with Crippen molar-refractivity contribution in [2.45, 2.75) is 45.6 Å². The molecule has 1 aliphatic rings. The molecule has 3 rings (SSSR count). The third-order valence-electron chi connectivity index (χ3n) is 4.83. The SMILES string of the molecule is C=C1Nc2ncnn2[C@H](c2ccc(OCCCCCC)cc2)[C@H]1C(=O)OCC. The van der Waals surface area contributed by atoms with E-state index in [2.05, 4.69) is 28.9 Å². The normalized spacial score (nSPS) is 18.3. The van der Waals surface area contributed by atoms with Crippen LogP contribution in [0.1, 0.15) is 51.1 Å². The Morgan fingerprint density at radius 3 is 2.71 bits per heavy atom. The fourth-order valence-electron chi connectivity index (χ4n) is 3.41. The number of anilines is 1. The Morgan fingerprint density at radius 1 is 1.21 bits per heavy atom. The van der Waals surface area contributed by atoms with Crippen LogP contribution in [0, 0.1) is 5.92 Å². The molecule has 150 valence electrons. The van der Waals surface area contributed by atoms with E-state index in [0.29, 0.717) is 24.9 Å². The second kappa shape index (κ2) is 9.39. The molecular formula is C21H28N4O3. The average Bonchev–Trinajstić information content (AvgIpc) is 3.15. The molecule has 2 aromatic rings. The fourth-order valence-corrected chi connectivity index (χ4v) is 3.41. The summed E-state index contributed by atoms with van der Waals surface area (Å²) in [6.07, 6.45) is 6.14. The van der Waals surface area contributed by atoms with E-state index in [0.717, 1.165) is 17.7 Å². The van der Waals surface area contributed by atoms with Gasteiger partial charge in [0.2, 0.25) is 5.95 Å². The van der Waals surface area contributed by atoms with Crippen molar-refractivity contribution >= 4 is 11.9 Å². The van der Waals surface area contributed by atoms with Crippen molar-refractivity contribution in [2.24, 2.45) is 5.92 Å². The van der Waals surface area contributed by atoms with Gasteiger partial charge < -0.3 is 14.8 Å². The van der Waals surface area contributed by atoms with E-state index in [4.69, 9.17) is 9.47 Å². The highest BCUT2D eigenvalue weighted by atomic mass is 16.5. The van der Waals surface area contributed by atoms with Crippen LogP contribution in [0.2, 0.25) is 0 Å². The van der Waals surface area contributed by atoms with Crippen LogP contribution in [-0.4, -0.2) is 33.9 Å². The molecule has 2 atom stereocenters. The molecule has 0 bridgehead atoms. The number of esters is 1. The molecule has 7 nitrogen and oxygen atoms in total. The highest BCUT2D eigenvalue weighted by molar-refractivity contribution is 5.79. The molecule has 0 saturated carbocycles. The third-order valence-corrected chi connectivity index (χ3v) is 4.83. The van der Waals surface area contributed by atoms with Crippen LogP contribution in [0.5, 0.6) is 5.75 Å². The van der Waals surface area contributed by atoms with Gasteiger partial charge in [-0.25, -0.2) is 4.68 Å². The molecule has 0 saturated heterocycles. The first-order valence-corrected chi connectivity index (χ1v) is 9.90. The molecule has 0 spiro atoms. The summed E-state index contributed by atoms with van der Waals surface area (Å²) in [7, 11) is 0. The molecule has 1 N–H and O–H groups in total. The summed E-state index contributed by atoms with van der Waals surface area (Å²) in [5.41, 5.74) is 1.48. The smallest absolute Gasteiger partial charge is 0.317 e. The zero-order valence-corrected chi connectivity index (χ0v) is 16.6. The minimum Gasteiger partial charge on any atom is -0.494 e. The van der Waals surface area contributed by atoms with E-state index < -0.39 is 5.92 Å². The highest BCUT2D eigenvalue weighted by Gasteiger charge is 2.40. The van der Waals surface area contributed by atoms with Gasteiger partial charge in [0.15, 0.2) is 0 Å². The zero-order chi connectivity index (χ0) is 19.9. The molecule has 0 aliphatic carbocycles. The number of nitrogens with one attached hydrogen (secondary N) is 1. The summed E-state index contributed by atoms with van der Waals surface area (Å²) in [5.74, 6) is 0.462. The first-order chi connectivity index (χ1) is 13.7. The topological polar surface area (TPSA) is 78.3 Å². The summed E-state index contributed by atoms with van der Waals surface area (Å²) in [4.78, 5) is 16.8. The first-order valence-electron chi connectivity index (χ1n) is 9.90. The molecule has 0 unspecified atom stereocenters. The number of carbonyl (C=O) groups excluding carboxylic acids is 1. The lowest BCUT2D eigenvalue weighted by molar-refractivity contribution is -0.147. The number of ether oxygens (including phenoxy) is 2. The van der Waals surface area contributed by atoms with E-state index >= 15 is 0 Å². The predicted molar refractivity (Wildman–Crippen MR) is 107 cm³/mol. The van der Waals surface area contributed by atoms with Crippen molar-refractivity contribution in [3.63, 3.8) is 0 Å². The van der Waals surface area contributed by atoms with Crippen molar-refractivity contribution in [1.82, 2.24) is 14.8 Å². The summed E-state index contributed by atoms with van der Waals surface area (Å²) in [6.45, 7) is 9.02. The van der Waals surface area contributed by atoms with Crippen LogP contribution in [0.25, 0.3) is 0 Å². The highest BCUT2D eigenvalue weighted by Crippen LogP contribution is 2.38. The third kappa shape index (κ3) is 4.35. The Kier molecular flexibility index (Phi) is 6.68. The maximum Gasteiger partial charge on any atom is 0.317 e. The number of hydrogen-bond acceptors (Lipinski definition) is 6. The predicted octanol–water partition coefficient (Wildman–Crippen LogP) is 3.95. The Morgan fingerprint density at radius 2 is 2.00 bits per heavy atom. The molecule has 1 aromatic carbocycles. The average molecular weight is 384 g/mol. The minimum absolute atomic E-state index is 0.310. The van der Waals surface area contributed by atoms with Crippen molar-refractivity contribution in [3.8, 4) is 5.75 Å². The minimum atomic E-state index is -0.588. The lowest BCUT2D eigenvalue weighted by atomic mass is 9.89. The monoisotopic (exact) mass is 384 g/mol. The molecule has 1 aromatic heterocycles. The molecule has 0 radical (unpaired) electrons. The lowest BCUT2D eigenvalue weighted by Gasteiger charge is -2.33. The zero-order valence-electron chi connectivity index (χ0n) is 16.6. The van der Waals surface area contributed by atoms with Crippen LogP contribution in [0.4, 0.5) is 5.95 Å². The number of fused-ring (bicyclic) bond motifs is 1.